The normalized spacial score (nSPS) is 14.8. The smallest absolute Gasteiger partial charge is 0.338 e. The van der Waals surface area contributed by atoms with Gasteiger partial charge in [-0.2, -0.15) is 14.6 Å². The van der Waals surface area contributed by atoms with E-state index in [0.717, 1.165) is 16.7 Å². The van der Waals surface area contributed by atoms with Crippen molar-refractivity contribution in [1.29, 1.82) is 0 Å². The van der Waals surface area contributed by atoms with E-state index in [1.807, 2.05) is 13.0 Å². The lowest BCUT2D eigenvalue weighted by Gasteiger charge is -2.17. The molecule has 4 aromatic rings. The number of amides is 2. The van der Waals surface area contributed by atoms with Gasteiger partial charge in [0.25, 0.3) is 17.6 Å². The first-order valence-electron chi connectivity index (χ1n) is 12.7. The van der Waals surface area contributed by atoms with Crippen molar-refractivity contribution in [2.45, 2.75) is 38.8 Å². The average Bonchev–Trinajstić information content (AvgIpc) is 3.59. The molecule has 2 atom stereocenters. The number of rotatable bonds is 8. The summed E-state index contributed by atoms with van der Waals surface area (Å²) in [6.45, 7) is 7.32. The van der Waals surface area contributed by atoms with E-state index < -0.39 is 23.8 Å². The third kappa shape index (κ3) is 5.18. The first kappa shape index (κ1) is 26.7. The van der Waals surface area contributed by atoms with Gasteiger partial charge in [-0.15, -0.1) is 0 Å². The minimum absolute atomic E-state index is 0.00930. The zero-order valence-electron chi connectivity index (χ0n) is 22.0. The molecule has 2 aromatic heterocycles. The highest BCUT2D eigenvalue weighted by atomic mass is 19.1. The molecule has 10 nitrogen and oxygen atoms in total. The molecule has 11 heteroatoms. The first-order chi connectivity index (χ1) is 19.3. The zero-order valence-corrected chi connectivity index (χ0v) is 22.0. The molecule has 2 aromatic carbocycles. The molecule has 5 rings (SSSR count). The summed E-state index contributed by atoms with van der Waals surface area (Å²) >= 11 is 0. The van der Waals surface area contributed by atoms with Gasteiger partial charge in [0.05, 0.1) is 17.6 Å². The Morgan fingerprint density at radius 2 is 1.98 bits per heavy atom. The highest BCUT2D eigenvalue weighted by Crippen LogP contribution is 2.35. The van der Waals surface area contributed by atoms with Crippen LogP contribution in [0.1, 0.15) is 79.0 Å². The molecule has 0 aliphatic heterocycles. The number of fused-ring (bicyclic) bond motifs is 2. The molecule has 2 N–H and O–H groups in total. The highest BCUT2D eigenvalue weighted by Gasteiger charge is 2.29. The minimum Gasteiger partial charge on any atom is -0.458 e. The Morgan fingerprint density at radius 3 is 2.73 bits per heavy atom. The summed E-state index contributed by atoms with van der Waals surface area (Å²) in [5.74, 6) is -1.67. The number of hydrogen-bond donors (Lipinski definition) is 2. The Labute approximate surface area is 229 Å². The van der Waals surface area contributed by atoms with Crippen molar-refractivity contribution in [3.63, 3.8) is 0 Å². The SMILES string of the molecule is C=CCOC(=O)c1ccc2c(c1C)CC[C@@H]2NC(=O)c1cc(C(=O)N[C@@H](C)c2ccc(F)cc2)nc2ncnn12. The predicted molar refractivity (Wildman–Crippen MR) is 143 cm³/mol. The molecule has 0 unspecified atom stereocenters. The third-order valence-corrected chi connectivity index (χ3v) is 6.99. The number of halogens is 1. The number of hydrogen-bond acceptors (Lipinski definition) is 7. The van der Waals surface area contributed by atoms with Gasteiger partial charge in [0.15, 0.2) is 0 Å². The van der Waals surface area contributed by atoms with Crippen LogP contribution in [0.2, 0.25) is 0 Å². The average molecular weight is 543 g/mol. The first-order valence-corrected chi connectivity index (χ1v) is 12.7. The molecule has 1 aliphatic carbocycles. The van der Waals surface area contributed by atoms with Crippen LogP contribution in [0, 0.1) is 12.7 Å². The van der Waals surface area contributed by atoms with Gasteiger partial charge in [0.2, 0.25) is 0 Å². The van der Waals surface area contributed by atoms with E-state index >= 15 is 0 Å². The number of benzene rings is 2. The second kappa shape index (κ2) is 11.0. The van der Waals surface area contributed by atoms with E-state index in [1.165, 1.54) is 35.1 Å². The molecule has 40 heavy (non-hydrogen) atoms. The predicted octanol–water partition coefficient (Wildman–Crippen LogP) is 3.82. The van der Waals surface area contributed by atoms with Crippen molar-refractivity contribution >= 4 is 23.6 Å². The van der Waals surface area contributed by atoms with E-state index in [9.17, 15) is 18.8 Å². The molecule has 0 fully saturated rings. The van der Waals surface area contributed by atoms with Gasteiger partial charge in [-0.3, -0.25) is 9.59 Å². The van der Waals surface area contributed by atoms with Gasteiger partial charge in [0, 0.05) is 6.07 Å². The van der Waals surface area contributed by atoms with Crippen LogP contribution in [0.4, 0.5) is 4.39 Å². The van der Waals surface area contributed by atoms with Crippen LogP contribution in [-0.2, 0) is 11.2 Å². The van der Waals surface area contributed by atoms with Crippen molar-refractivity contribution in [3.8, 4) is 0 Å². The van der Waals surface area contributed by atoms with Crippen molar-refractivity contribution in [1.82, 2.24) is 30.2 Å². The number of esters is 1. The summed E-state index contributed by atoms with van der Waals surface area (Å²) in [4.78, 5) is 47.3. The maximum Gasteiger partial charge on any atom is 0.338 e. The Morgan fingerprint density at radius 1 is 1.20 bits per heavy atom. The molecule has 0 saturated heterocycles. The fourth-order valence-electron chi connectivity index (χ4n) is 4.89. The quantitative estimate of drug-likeness (QED) is 0.256. The van der Waals surface area contributed by atoms with Crippen LogP contribution in [0.5, 0.6) is 0 Å². The number of carbonyl (C=O) groups is 3. The maximum atomic E-state index is 13.5. The van der Waals surface area contributed by atoms with Crippen LogP contribution >= 0.6 is 0 Å². The Kier molecular flexibility index (Phi) is 7.37. The molecule has 0 spiro atoms. The third-order valence-electron chi connectivity index (χ3n) is 6.99. The molecule has 2 heterocycles. The molecule has 204 valence electrons. The van der Waals surface area contributed by atoms with Gasteiger partial charge in [-0.05, 0) is 67.1 Å². The van der Waals surface area contributed by atoms with Crippen LogP contribution in [0.15, 0.2) is 61.4 Å². The second-order valence-corrected chi connectivity index (χ2v) is 9.50. The summed E-state index contributed by atoms with van der Waals surface area (Å²) in [5, 5.41) is 9.95. The van der Waals surface area contributed by atoms with Crippen LogP contribution in [0.3, 0.4) is 0 Å². The molecular weight excluding hydrogens is 515 g/mol. The Hall–Kier alpha value is -4.93. The van der Waals surface area contributed by atoms with E-state index in [-0.39, 0.29) is 35.6 Å². The van der Waals surface area contributed by atoms with Crippen molar-refractivity contribution < 1.29 is 23.5 Å². The number of nitrogens with one attached hydrogen (secondary N) is 2. The summed E-state index contributed by atoms with van der Waals surface area (Å²) in [7, 11) is 0. The molecule has 0 bridgehead atoms. The van der Waals surface area contributed by atoms with Crippen molar-refractivity contribution in [3.05, 3.63) is 106 Å². The molecular formula is C29H27FN6O4. The lowest BCUT2D eigenvalue weighted by atomic mass is 9.98. The van der Waals surface area contributed by atoms with E-state index in [4.69, 9.17) is 4.74 Å². The lowest BCUT2D eigenvalue weighted by Crippen LogP contribution is -2.31. The number of nitrogens with zero attached hydrogens (tertiary/aromatic N) is 4. The number of carbonyl (C=O) groups excluding carboxylic acids is 3. The minimum atomic E-state index is -0.519. The molecule has 0 radical (unpaired) electrons. The Balaban J connectivity index is 1.36. The summed E-state index contributed by atoms with van der Waals surface area (Å²) in [6.07, 6.45) is 4.08. The second-order valence-electron chi connectivity index (χ2n) is 9.50. The lowest BCUT2D eigenvalue weighted by molar-refractivity contribution is 0.0548. The van der Waals surface area contributed by atoms with E-state index in [2.05, 4.69) is 32.3 Å². The maximum absolute atomic E-state index is 13.5. The van der Waals surface area contributed by atoms with Gasteiger partial charge in [-0.25, -0.2) is 14.2 Å². The van der Waals surface area contributed by atoms with Gasteiger partial charge >= 0.3 is 5.97 Å². The van der Waals surface area contributed by atoms with Gasteiger partial charge in [-0.1, -0.05) is 30.9 Å². The standard InChI is InChI=1S/C29H27FN6O4/c1-4-13-40-28(39)21-9-10-22-20(16(21)2)11-12-23(22)34-27(38)25-14-24(35-29-31-15-32-36(25)29)26(37)33-17(3)18-5-7-19(30)8-6-18/h4-10,14-15,17,23H,1,11-13H2,2-3H3,(H,33,37)(H,34,38)/t17-,23-/m0/s1. The largest absolute Gasteiger partial charge is 0.458 e. The van der Waals surface area contributed by atoms with Crippen LogP contribution < -0.4 is 10.6 Å². The Bertz CT molecular complexity index is 1630. The van der Waals surface area contributed by atoms with Gasteiger partial charge < -0.3 is 15.4 Å². The summed E-state index contributed by atoms with van der Waals surface area (Å²) in [5.41, 5.74) is 4.01. The summed E-state index contributed by atoms with van der Waals surface area (Å²) in [6, 6.07) is 9.97. The molecule has 1 aliphatic rings. The topological polar surface area (TPSA) is 128 Å². The number of ether oxygens (including phenoxy) is 1. The zero-order chi connectivity index (χ0) is 28.4. The number of aromatic nitrogens is 4. The summed E-state index contributed by atoms with van der Waals surface area (Å²) < 4.78 is 19.7. The monoisotopic (exact) mass is 542 g/mol. The van der Waals surface area contributed by atoms with Crippen LogP contribution in [-0.4, -0.2) is 44.0 Å². The van der Waals surface area contributed by atoms with E-state index in [0.29, 0.717) is 24.0 Å². The van der Waals surface area contributed by atoms with Crippen molar-refractivity contribution in [2.24, 2.45) is 0 Å². The van der Waals surface area contributed by atoms with Crippen LogP contribution in [0.25, 0.3) is 5.78 Å². The highest BCUT2D eigenvalue weighted by molar-refractivity contribution is 5.98. The van der Waals surface area contributed by atoms with Gasteiger partial charge in [0.1, 0.15) is 30.1 Å². The molecule has 0 saturated carbocycles. The molecule has 2 amide bonds. The van der Waals surface area contributed by atoms with Crippen molar-refractivity contribution in [2.75, 3.05) is 6.61 Å². The van der Waals surface area contributed by atoms with E-state index in [1.54, 1.807) is 25.1 Å². The fraction of sp³-hybridized carbons (Fsp3) is 0.241. The fourth-order valence-corrected chi connectivity index (χ4v) is 4.89.